The van der Waals surface area contributed by atoms with Crippen LogP contribution in [0.1, 0.15) is 70.3 Å². The number of carbonyl (C=O) groups is 1. The van der Waals surface area contributed by atoms with Crippen LogP contribution >= 0.6 is 0 Å². The molecule has 1 aliphatic carbocycles. The van der Waals surface area contributed by atoms with Crippen molar-refractivity contribution in [2.75, 3.05) is 13.7 Å². The highest BCUT2D eigenvalue weighted by atomic mass is 16.5. The first-order valence-electron chi connectivity index (χ1n) is 12.3. The van der Waals surface area contributed by atoms with Gasteiger partial charge in [-0.25, -0.2) is 4.98 Å². The molecule has 1 aliphatic rings. The minimum absolute atomic E-state index is 0.0502. The molecule has 0 atom stereocenters. The molecule has 0 saturated heterocycles. The second-order valence-corrected chi connectivity index (χ2v) is 8.94. The normalized spacial score (nSPS) is 14.8. The quantitative estimate of drug-likeness (QED) is 0.484. The number of fused-ring (bicyclic) bond motifs is 3. The molecule has 178 valence electrons. The Kier molecular flexibility index (Phi) is 7.00. The number of pyridine rings is 1. The molecule has 1 amide bonds. The average Bonchev–Trinajstić information content (AvgIpc) is 3.19. The maximum absolute atomic E-state index is 13.1. The Balaban J connectivity index is 1.50. The number of carbonyl (C=O) groups excluding carboxylic acids is 1. The van der Waals surface area contributed by atoms with Gasteiger partial charge in [0, 0.05) is 38.5 Å². The van der Waals surface area contributed by atoms with Crippen molar-refractivity contribution in [1.29, 1.82) is 0 Å². The van der Waals surface area contributed by atoms with Crippen molar-refractivity contribution < 1.29 is 9.53 Å². The zero-order valence-electron chi connectivity index (χ0n) is 20.3. The number of hydrogen-bond acceptors (Lipinski definition) is 5. The van der Waals surface area contributed by atoms with Gasteiger partial charge < -0.3 is 14.2 Å². The highest BCUT2D eigenvalue weighted by Gasteiger charge is 2.22. The molecule has 3 heterocycles. The van der Waals surface area contributed by atoms with Crippen LogP contribution < -0.4 is 10.3 Å². The number of rotatable bonds is 8. The molecule has 0 unspecified atom stereocenters. The van der Waals surface area contributed by atoms with E-state index in [9.17, 15) is 9.59 Å². The van der Waals surface area contributed by atoms with Gasteiger partial charge in [-0.15, -0.1) is 0 Å². The third kappa shape index (κ3) is 4.48. The fourth-order valence-electron chi connectivity index (χ4n) is 4.98. The van der Waals surface area contributed by atoms with E-state index in [4.69, 9.17) is 9.72 Å². The van der Waals surface area contributed by atoms with Gasteiger partial charge in [-0.2, -0.15) is 4.98 Å². The summed E-state index contributed by atoms with van der Waals surface area (Å²) in [4.78, 5) is 36.9. The summed E-state index contributed by atoms with van der Waals surface area (Å²) in [6, 6.07) is 4.07. The number of ether oxygens (including phenoxy) is 1. The second-order valence-electron chi connectivity index (χ2n) is 8.94. The first-order valence-corrected chi connectivity index (χ1v) is 12.3. The van der Waals surface area contributed by atoms with Gasteiger partial charge in [0.1, 0.15) is 11.3 Å². The van der Waals surface area contributed by atoms with E-state index in [1.807, 2.05) is 43.2 Å². The number of imidazole rings is 1. The predicted octanol–water partition coefficient (Wildman–Crippen LogP) is 3.89. The fraction of sp³-hybridized carbons (Fsp3) is 0.600. The van der Waals surface area contributed by atoms with Crippen LogP contribution in [0.4, 0.5) is 0 Å². The first kappa shape index (κ1) is 23.3. The van der Waals surface area contributed by atoms with Crippen molar-refractivity contribution in [3.63, 3.8) is 0 Å². The lowest BCUT2D eigenvalue weighted by atomic mass is 9.94. The van der Waals surface area contributed by atoms with Crippen molar-refractivity contribution in [3.8, 4) is 5.88 Å². The van der Waals surface area contributed by atoms with Crippen molar-refractivity contribution in [1.82, 2.24) is 23.8 Å². The van der Waals surface area contributed by atoms with Crippen LogP contribution in [0.2, 0.25) is 0 Å². The van der Waals surface area contributed by atoms with Gasteiger partial charge in [0.2, 0.25) is 11.8 Å². The molecule has 0 bridgehead atoms. The van der Waals surface area contributed by atoms with E-state index >= 15 is 0 Å². The molecule has 0 N–H and O–H groups in total. The Morgan fingerprint density at radius 2 is 1.94 bits per heavy atom. The summed E-state index contributed by atoms with van der Waals surface area (Å²) >= 11 is 0. The topological polar surface area (TPSA) is 81.7 Å². The molecule has 0 aromatic carbocycles. The number of amides is 1. The summed E-state index contributed by atoms with van der Waals surface area (Å²) in [6.45, 7) is 6.81. The Bertz CT molecular complexity index is 1210. The zero-order valence-corrected chi connectivity index (χ0v) is 20.3. The van der Waals surface area contributed by atoms with Gasteiger partial charge >= 0.3 is 0 Å². The van der Waals surface area contributed by atoms with E-state index < -0.39 is 0 Å². The number of aromatic nitrogens is 4. The van der Waals surface area contributed by atoms with Crippen LogP contribution in [0, 0.1) is 6.92 Å². The minimum atomic E-state index is -0.0502. The lowest BCUT2D eigenvalue weighted by molar-refractivity contribution is -0.132. The van der Waals surface area contributed by atoms with E-state index in [0.29, 0.717) is 55.5 Å². The first-order chi connectivity index (χ1) is 16.0. The Labute approximate surface area is 194 Å². The van der Waals surface area contributed by atoms with Gasteiger partial charge in [-0.3, -0.25) is 14.0 Å². The number of nitrogens with zero attached hydrogens (tertiary/aromatic N) is 5. The van der Waals surface area contributed by atoms with Crippen LogP contribution in [-0.4, -0.2) is 49.4 Å². The van der Waals surface area contributed by atoms with E-state index in [1.165, 1.54) is 19.3 Å². The molecule has 0 radical (unpaired) electrons. The monoisotopic (exact) mass is 453 g/mol. The second kappa shape index (κ2) is 9.93. The van der Waals surface area contributed by atoms with Crippen molar-refractivity contribution in [2.24, 2.45) is 0 Å². The van der Waals surface area contributed by atoms with E-state index in [0.717, 1.165) is 29.9 Å². The molecule has 0 aliphatic heterocycles. The molecule has 8 nitrogen and oxygen atoms in total. The highest BCUT2D eigenvalue weighted by Crippen LogP contribution is 2.23. The smallest absolute Gasteiger partial charge is 0.277 e. The van der Waals surface area contributed by atoms with E-state index in [2.05, 4.69) is 4.98 Å². The zero-order chi connectivity index (χ0) is 23.5. The molecule has 1 fully saturated rings. The van der Waals surface area contributed by atoms with Gasteiger partial charge in [0.25, 0.3) is 5.56 Å². The summed E-state index contributed by atoms with van der Waals surface area (Å²) in [5.74, 6) is 1.49. The summed E-state index contributed by atoms with van der Waals surface area (Å²) in [7, 11) is 1.93. The summed E-state index contributed by atoms with van der Waals surface area (Å²) < 4.78 is 9.52. The SMILES string of the molecule is CCc1nc(C)c2c(=O)n(CC)c3ccc(OCCCC(=O)N(C)C4CCCCC4)nc3n12. The lowest BCUT2D eigenvalue weighted by Gasteiger charge is -2.31. The molecule has 4 rings (SSSR count). The van der Waals surface area contributed by atoms with Crippen LogP contribution in [0.25, 0.3) is 16.7 Å². The molecule has 0 spiro atoms. The molecule has 3 aromatic rings. The van der Waals surface area contributed by atoms with E-state index in [-0.39, 0.29) is 11.5 Å². The van der Waals surface area contributed by atoms with Gasteiger partial charge in [0.05, 0.1) is 17.8 Å². The Morgan fingerprint density at radius 1 is 1.18 bits per heavy atom. The highest BCUT2D eigenvalue weighted by molar-refractivity contribution is 5.77. The number of hydrogen-bond donors (Lipinski definition) is 0. The van der Waals surface area contributed by atoms with Crippen LogP contribution in [-0.2, 0) is 17.8 Å². The third-order valence-corrected chi connectivity index (χ3v) is 6.83. The summed E-state index contributed by atoms with van der Waals surface area (Å²) in [5.41, 5.74) is 2.68. The Hall–Kier alpha value is -2.90. The lowest BCUT2D eigenvalue weighted by Crippen LogP contribution is -2.38. The van der Waals surface area contributed by atoms with Crippen LogP contribution in [0.3, 0.4) is 0 Å². The maximum atomic E-state index is 13.1. The van der Waals surface area contributed by atoms with Crippen molar-refractivity contribution in [2.45, 2.75) is 84.7 Å². The molecule has 1 saturated carbocycles. The van der Waals surface area contributed by atoms with Gasteiger partial charge in [-0.1, -0.05) is 26.2 Å². The summed E-state index contributed by atoms with van der Waals surface area (Å²) in [5, 5.41) is 0. The molecule has 3 aromatic heterocycles. The van der Waals surface area contributed by atoms with Crippen LogP contribution in [0.15, 0.2) is 16.9 Å². The summed E-state index contributed by atoms with van der Waals surface area (Å²) in [6.07, 6.45) is 7.76. The minimum Gasteiger partial charge on any atom is -0.478 e. The average molecular weight is 454 g/mol. The molecular formula is C25H35N5O3. The number of aryl methyl sites for hydroxylation is 3. The van der Waals surface area contributed by atoms with E-state index in [1.54, 1.807) is 10.6 Å². The largest absolute Gasteiger partial charge is 0.478 e. The molecule has 8 heteroatoms. The van der Waals surface area contributed by atoms with Gasteiger partial charge in [-0.05, 0) is 39.2 Å². The maximum Gasteiger partial charge on any atom is 0.277 e. The van der Waals surface area contributed by atoms with Gasteiger partial charge in [0.15, 0.2) is 5.65 Å². The molecular weight excluding hydrogens is 418 g/mol. The third-order valence-electron chi connectivity index (χ3n) is 6.83. The Morgan fingerprint density at radius 3 is 2.64 bits per heavy atom. The molecule has 33 heavy (non-hydrogen) atoms. The van der Waals surface area contributed by atoms with Crippen molar-refractivity contribution in [3.05, 3.63) is 34.0 Å². The van der Waals surface area contributed by atoms with Crippen LogP contribution in [0.5, 0.6) is 5.88 Å². The standard InChI is InChI=1S/C25H35N5O3/c1-5-20-26-17(3)23-25(32)29(6-2)19-14-15-21(27-24(19)30(20)23)33-16-10-13-22(31)28(4)18-11-8-7-9-12-18/h14-15,18H,5-13,16H2,1-4H3. The predicted molar refractivity (Wildman–Crippen MR) is 129 cm³/mol. The fourth-order valence-corrected chi connectivity index (χ4v) is 4.98. The van der Waals surface area contributed by atoms with Crippen molar-refractivity contribution >= 4 is 22.6 Å².